The van der Waals surface area contributed by atoms with E-state index in [1.165, 1.54) is 11.1 Å². The molecule has 0 unspecified atom stereocenters. The molecule has 5 heteroatoms. The number of hydrogen-bond donors (Lipinski definition) is 0. The number of hydrogen-bond acceptors (Lipinski definition) is 4. The van der Waals surface area contributed by atoms with Gasteiger partial charge in [-0.25, -0.2) is 0 Å². The minimum Gasteiger partial charge on any atom is -0.486 e. The fraction of sp³-hybridized carbons (Fsp3) is 0.350. The molecule has 130 valence electrons. The molecule has 4 rings (SSSR count). The van der Waals surface area contributed by atoms with Gasteiger partial charge < -0.3 is 19.1 Å². The van der Waals surface area contributed by atoms with Gasteiger partial charge in [0.05, 0.1) is 0 Å². The van der Waals surface area contributed by atoms with E-state index in [0.717, 1.165) is 29.2 Å². The van der Waals surface area contributed by atoms with Gasteiger partial charge in [-0.2, -0.15) is 0 Å². The number of ether oxygens (including phenoxy) is 3. The highest BCUT2D eigenvalue weighted by Crippen LogP contribution is 2.35. The fourth-order valence-corrected chi connectivity index (χ4v) is 3.18. The first-order valence-corrected chi connectivity index (χ1v) is 8.58. The number of amides is 1. The number of rotatable bonds is 3. The van der Waals surface area contributed by atoms with Crippen LogP contribution < -0.4 is 14.2 Å². The summed E-state index contributed by atoms with van der Waals surface area (Å²) in [4.78, 5) is 14.3. The van der Waals surface area contributed by atoms with Crippen molar-refractivity contribution in [1.29, 1.82) is 0 Å². The molecule has 0 fully saturated rings. The second kappa shape index (κ2) is 6.67. The van der Waals surface area contributed by atoms with Crippen molar-refractivity contribution in [1.82, 2.24) is 4.90 Å². The summed E-state index contributed by atoms with van der Waals surface area (Å²) >= 11 is 0. The number of benzene rings is 2. The van der Waals surface area contributed by atoms with E-state index in [1.807, 2.05) is 42.2 Å². The first-order chi connectivity index (χ1) is 12.2. The lowest BCUT2D eigenvalue weighted by Gasteiger charge is -2.30. The SMILES string of the molecule is Cc1ccc(OCC(=O)N2CCc3cc4c(cc3C2)OCCO4)cc1. The smallest absolute Gasteiger partial charge is 0.260 e. The van der Waals surface area contributed by atoms with Gasteiger partial charge in [-0.05, 0) is 48.7 Å². The molecule has 2 heterocycles. The lowest BCUT2D eigenvalue weighted by molar-refractivity contribution is -0.134. The summed E-state index contributed by atoms with van der Waals surface area (Å²) in [7, 11) is 0. The number of carbonyl (C=O) groups is 1. The molecule has 5 nitrogen and oxygen atoms in total. The highest BCUT2D eigenvalue weighted by Gasteiger charge is 2.24. The van der Waals surface area contributed by atoms with Gasteiger partial charge in [0.1, 0.15) is 19.0 Å². The Morgan fingerprint density at radius 1 is 1.08 bits per heavy atom. The lowest BCUT2D eigenvalue weighted by atomic mass is 9.98. The Kier molecular flexibility index (Phi) is 4.22. The first-order valence-electron chi connectivity index (χ1n) is 8.58. The second-order valence-corrected chi connectivity index (χ2v) is 6.43. The molecule has 2 aliphatic rings. The molecule has 0 saturated heterocycles. The normalized spacial score (nSPS) is 15.5. The minimum atomic E-state index is 0.00103. The minimum absolute atomic E-state index is 0.00103. The maximum atomic E-state index is 12.5. The predicted octanol–water partition coefficient (Wildman–Crippen LogP) is 2.73. The standard InChI is InChI=1S/C20H21NO4/c1-14-2-4-17(5-3-14)25-13-20(22)21-7-6-15-10-18-19(11-16(15)12-21)24-9-8-23-18/h2-5,10-11H,6-9,12-13H2,1H3. The van der Waals surface area contributed by atoms with E-state index >= 15 is 0 Å². The first kappa shape index (κ1) is 15.8. The Morgan fingerprint density at radius 2 is 1.76 bits per heavy atom. The maximum absolute atomic E-state index is 12.5. The molecule has 0 aliphatic carbocycles. The largest absolute Gasteiger partial charge is 0.486 e. The van der Waals surface area contributed by atoms with Crippen LogP contribution >= 0.6 is 0 Å². The van der Waals surface area contributed by atoms with Crippen molar-refractivity contribution in [2.45, 2.75) is 19.9 Å². The van der Waals surface area contributed by atoms with Gasteiger partial charge in [0.15, 0.2) is 18.1 Å². The molecule has 0 bridgehead atoms. The Balaban J connectivity index is 1.41. The Labute approximate surface area is 147 Å². The van der Waals surface area contributed by atoms with Gasteiger partial charge in [0.25, 0.3) is 5.91 Å². The van der Waals surface area contributed by atoms with Crippen LogP contribution in [0, 0.1) is 6.92 Å². The third kappa shape index (κ3) is 3.40. The second-order valence-electron chi connectivity index (χ2n) is 6.43. The number of nitrogens with zero attached hydrogens (tertiary/aromatic N) is 1. The molecule has 2 aliphatic heterocycles. The lowest BCUT2D eigenvalue weighted by Crippen LogP contribution is -2.39. The number of aryl methyl sites for hydroxylation is 1. The summed E-state index contributed by atoms with van der Waals surface area (Å²) in [6, 6.07) is 11.8. The van der Waals surface area contributed by atoms with Crippen LogP contribution in [0.1, 0.15) is 16.7 Å². The summed E-state index contributed by atoms with van der Waals surface area (Å²) < 4.78 is 16.9. The van der Waals surface area contributed by atoms with Gasteiger partial charge in [0.2, 0.25) is 0 Å². The molecule has 0 N–H and O–H groups in total. The van der Waals surface area contributed by atoms with E-state index in [1.54, 1.807) is 0 Å². The summed E-state index contributed by atoms with van der Waals surface area (Å²) in [5.74, 6) is 2.31. The Morgan fingerprint density at radius 3 is 2.48 bits per heavy atom. The highest BCUT2D eigenvalue weighted by molar-refractivity contribution is 5.78. The van der Waals surface area contributed by atoms with E-state index in [9.17, 15) is 4.79 Å². The van der Waals surface area contributed by atoms with Crippen LogP contribution in [0.25, 0.3) is 0 Å². The van der Waals surface area contributed by atoms with Gasteiger partial charge in [0, 0.05) is 13.1 Å². The molecule has 0 atom stereocenters. The van der Waals surface area contributed by atoms with E-state index in [-0.39, 0.29) is 12.5 Å². The number of fused-ring (bicyclic) bond motifs is 2. The van der Waals surface area contributed by atoms with Crippen LogP contribution in [-0.2, 0) is 17.8 Å². The monoisotopic (exact) mass is 339 g/mol. The number of carbonyl (C=O) groups excluding carboxylic acids is 1. The highest BCUT2D eigenvalue weighted by atomic mass is 16.6. The van der Waals surface area contributed by atoms with Crippen LogP contribution in [-0.4, -0.2) is 37.2 Å². The van der Waals surface area contributed by atoms with Gasteiger partial charge in [-0.15, -0.1) is 0 Å². The molecular formula is C20H21NO4. The van der Waals surface area contributed by atoms with Crippen molar-refractivity contribution < 1.29 is 19.0 Å². The van der Waals surface area contributed by atoms with Crippen molar-refractivity contribution >= 4 is 5.91 Å². The van der Waals surface area contributed by atoms with Crippen molar-refractivity contribution in [2.24, 2.45) is 0 Å². The molecule has 1 amide bonds. The van der Waals surface area contributed by atoms with E-state index in [4.69, 9.17) is 14.2 Å². The average Bonchev–Trinajstić information content (AvgIpc) is 2.65. The molecule has 0 saturated carbocycles. The molecule has 2 aromatic rings. The van der Waals surface area contributed by atoms with Crippen LogP contribution in [0.2, 0.25) is 0 Å². The van der Waals surface area contributed by atoms with Crippen molar-refractivity contribution in [3.05, 3.63) is 53.1 Å². The van der Waals surface area contributed by atoms with E-state index in [0.29, 0.717) is 26.3 Å². The van der Waals surface area contributed by atoms with Gasteiger partial charge in [-0.3, -0.25) is 4.79 Å². The molecule has 2 aromatic carbocycles. The molecule has 0 spiro atoms. The molecule has 0 radical (unpaired) electrons. The maximum Gasteiger partial charge on any atom is 0.260 e. The van der Waals surface area contributed by atoms with Crippen molar-refractivity contribution in [3.8, 4) is 17.2 Å². The average molecular weight is 339 g/mol. The quantitative estimate of drug-likeness (QED) is 0.863. The zero-order chi connectivity index (χ0) is 17.2. The third-order valence-electron chi connectivity index (χ3n) is 4.61. The zero-order valence-electron chi connectivity index (χ0n) is 14.3. The summed E-state index contributed by atoms with van der Waals surface area (Å²) in [5, 5.41) is 0. The molecule has 25 heavy (non-hydrogen) atoms. The fourth-order valence-electron chi connectivity index (χ4n) is 3.18. The summed E-state index contributed by atoms with van der Waals surface area (Å²) in [6.45, 7) is 4.52. The van der Waals surface area contributed by atoms with Gasteiger partial charge in [-0.1, -0.05) is 17.7 Å². The van der Waals surface area contributed by atoms with Crippen LogP contribution in [0.5, 0.6) is 17.2 Å². The van der Waals surface area contributed by atoms with E-state index in [2.05, 4.69) is 6.07 Å². The topological polar surface area (TPSA) is 48.0 Å². The summed E-state index contributed by atoms with van der Waals surface area (Å²) in [6.07, 6.45) is 0.822. The van der Waals surface area contributed by atoms with Crippen LogP contribution in [0.15, 0.2) is 36.4 Å². The Hall–Kier alpha value is -2.69. The summed E-state index contributed by atoms with van der Waals surface area (Å²) in [5.41, 5.74) is 3.52. The third-order valence-corrected chi connectivity index (χ3v) is 4.61. The van der Waals surface area contributed by atoms with Gasteiger partial charge >= 0.3 is 0 Å². The van der Waals surface area contributed by atoms with Crippen molar-refractivity contribution in [2.75, 3.05) is 26.4 Å². The molecule has 0 aromatic heterocycles. The zero-order valence-corrected chi connectivity index (χ0v) is 14.3. The molecular weight excluding hydrogens is 318 g/mol. The van der Waals surface area contributed by atoms with Crippen LogP contribution in [0.3, 0.4) is 0 Å². The van der Waals surface area contributed by atoms with Crippen LogP contribution in [0.4, 0.5) is 0 Å². The Bertz CT molecular complexity index is 785. The van der Waals surface area contributed by atoms with E-state index < -0.39 is 0 Å². The predicted molar refractivity (Wildman–Crippen MR) is 93.2 cm³/mol. The van der Waals surface area contributed by atoms with Crippen molar-refractivity contribution in [3.63, 3.8) is 0 Å².